The van der Waals surface area contributed by atoms with Crippen LogP contribution in [-0.4, -0.2) is 30.7 Å². The lowest BCUT2D eigenvalue weighted by Gasteiger charge is -2.13. The van der Waals surface area contributed by atoms with Crippen molar-refractivity contribution >= 4 is 43.7 Å². The SMILES string of the molecule is COC(=O)Cc1cc(Br)c(Oc2ccc(O)c(C3=N[C@H](c4ccccc4)CO3)c2)c(Br)c1. The predicted octanol–water partition coefficient (Wildman–Crippen LogP) is 5.94. The van der Waals surface area contributed by atoms with Crippen LogP contribution in [0.1, 0.15) is 22.7 Å². The number of halogens is 2. The molecule has 4 rings (SSSR count). The van der Waals surface area contributed by atoms with Crippen LogP contribution >= 0.6 is 31.9 Å². The Morgan fingerprint density at radius 3 is 2.53 bits per heavy atom. The highest BCUT2D eigenvalue weighted by Gasteiger charge is 2.24. The molecule has 1 aliphatic rings. The number of phenolic OH excluding ortho intramolecular Hbond substituents is 1. The number of rotatable bonds is 6. The summed E-state index contributed by atoms with van der Waals surface area (Å²) in [5, 5.41) is 10.4. The second kappa shape index (κ2) is 9.75. The fraction of sp³-hybridized carbons (Fsp3) is 0.167. The quantitative estimate of drug-likeness (QED) is 0.377. The molecule has 0 bridgehead atoms. The third-order valence-corrected chi connectivity index (χ3v) is 6.07. The van der Waals surface area contributed by atoms with Crippen LogP contribution in [0.3, 0.4) is 0 Å². The first kappa shape index (κ1) is 22.4. The van der Waals surface area contributed by atoms with Gasteiger partial charge in [0.1, 0.15) is 24.1 Å². The first-order chi connectivity index (χ1) is 15.4. The normalized spacial score (nSPS) is 15.1. The first-order valence-electron chi connectivity index (χ1n) is 9.76. The fourth-order valence-electron chi connectivity index (χ4n) is 3.29. The summed E-state index contributed by atoms with van der Waals surface area (Å²) in [5.41, 5.74) is 2.28. The molecule has 0 fully saturated rings. The molecule has 1 N–H and O–H groups in total. The molecule has 1 atom stereocenters. The summed E-state index contributed by atoms with van der Waals surface area (Å²) in [4.78, 5) is 16.2. The van der Waals surface area contributed by atoms with Crippen LogP contribution in [0.5, 0.6) is 17.2 Å². The molecule has 0 saturated carbocycles. The molecule has 0 aliphatic carbocycles. The van der Waals surface area contributed by atoms with Gasteiger partial charge in [0.05, 0.1) is 28.0 Å². The highest BCUT2D eigenvalue weighted by molar-refractivity contribution is 9.11. The number of phenols is 1. The van der Waals surface area contributed by atoms with Gasteiger partial charge in [-0.05, 0) is 73.3 Å². The number of aliphatic imine (C=N–C) groups is 1. The van der Waals surface area contributed by atoms with E-state index < -0.39 is 0 Å². The lowest BCUT2D eigenvalue weighted by atomic mass is 10.1. The minimum absolute atomic E-state index is 0.0522. The van der Waals surface area contributed by atoms with Gasteiger partial charge in [-0.15, -0.1) is 0 Å². The van der Waals surface area contributed by atoms with Crippen molar-refractivity contribution < 1.29 is 24.1 Å². The van der Waals surface area contributed by atoms with E-state index in [4.69, 9.17) is 14.2 Å². The van der Waals surface area contributed by atoms with Crippen molar-refractivity contribution in [3.8, 4) is 17.2 Å². The molecule has 6 nitrogen and oxygen atoms in total. The second-order valence-electron chi connectivity index (χ2n) is 7.09. The van der Waals surface area contributed by atoms with Crippen LogP contribution in [-0.2, 0) is 20.7 Å². The van der Waals surface area contributed by atoms with Gasteiger partial charge in [0.15, 0.2) is 5.75 Å². The number of hydrogen-bond acceptors (Lipinski definition) is 6. The van der Waals surface area contributed by atoms with Crippen LogP contribution < -0.4 is 4.74 Å². The van der Waals surface area contributed by atoms with Gasteiger partial charge < -0.3 is 19.3 Å². The molecular formula is C24H19Br2NO5. The molecule has 0 amide bonds. The maximum absolute atomic E-state index is 11.6. The summed E-state index contributed by atoms with van der Waals surface area (Å²) in [7, 11) is 1.35. The van der Waals surface area contributed by atoms with Gasteiger partial charge in [-0.3, -0.25) is 4.79 Å². The van der Waals surface area contributed by atoms with Crippen molar-refractivity contribution in [3.05, 3.63) is 86.3 Å². The Hall–Kier alpha value is -2.84. The fourth-order valence-corrected chi connectivity index (χ4v) is 4.73. The maximum Gasteiger partial charge on any atom is 0.309 e. The lowest BCUT2D eigenvalue weighted by molar-refractivity contribution is -0.139. The molecular weight excluding hydrogens is 542 g/mol. The molecule has 1 heterocycles. The summed E-state index contributed by atoms with van der Waals surface area (Å²) in [6.07, 6.45) is 0.150. The van der Waals surface area contributed by atoms with Gasteiger partial charge in [0, 0.05) is 0 Å². The van der Waals surface area contributed by atoms with E-state index in [9.17, 15) is 9.90 Å². The third kappa shape index (κ3) is 4.97. The average Bonchev–Trinajstić information content (AvgIpc) is 3.28. The first-order valence-corrected chi connectivity index (χ1v) is 11.3. The summed E-state index contributed by atoms with van der Waals surface area (Å²) in [5.74, 6) is 1.12. The molecule has 0 unspecified atom stereocenters. The molecule has 1 aliphatic heterocycles. The molecule has 164 valence electrons. The Labute approximate surface area is 202 Å². The largest absolute Gasteiger partial charge is 0.507 e. The number of benzene rings is 3. The van der Waals surface area contributed by atoms with E-state index in [1.807, 2.05) is 30.3 Å². The topological polar surface area (TPSA) is 77.4 Å². The van der Waals surface area contributed by atoms with Crippen LogP contribution in [0.25, 0.3) is 0 Å². The number of carbonyl (C=O) groups excluding carboxylic acids is 1. The third-order valence-electron chi connectivity index (χ3n) is 4.89. The zero-order valence-corrected chi connectivity index (χ0v) is 20.2. The predicted molar refractivity (Wildman–Crippen MR) is 127 cm³/mol. The molecule has 0 spiro atoms. The van der Waals surface area contributed by atoms with E-state index in [2.05, 4.69) is 36.9 Å². The number of esters is 1. The van der Waals surface area contributed by atoms with E-state index in [-0.39, 0.29) is 24.2 Å². The van der Waals surface area contributed by atoms with Gasteiger partial charge >= 0.3 is 5.97 Å². The van der Waals surface area contributed by atoms with Crippen LogP contribution in [0.15, 0.2) is 74.6 Å². The second-order valence-corrected chi connectivity index (χ2v) is 8.80. The minimum atomic E-state index is -0.327. The number of methoxy groups -OCH3 is 1. The zero-order valence-electron chi connectivity index (χ0n) is 17.0. The number of nitrogens with zero attached hydrogens (tertiary/aromatic N) is 1. The number of ether oxygens (including phenoxy) is 3. The van der Waals surface area contributed by atoms with Crippen LogP contribution in [0, 0.1) is 0 Å². The van der Waals surface area contributed by atoms with Crippen molar-refractivity contribution in [2.45, 2.75) is 12.5 Å². The molecule has 0 radical (unpaired) electrons. The molecule has 0 saturated heterocycles. The van der Waals surface area contributed by atoms with Crippen molar-refractivity contribution in [2.75, 3.05) is 13.7 Å². The summed E-state index contributed by atoms with van der Waals surface area (Å²) in [6, 6.07) is 18.2. The van der Waals surface area contributed by atoms with Gasteiger partial charge in [-0.25, -0.2) is 4.99 Å². The van der Waals surface area contributed by atoms with E-state index in [0.29, 0.717) is 38.5 Å². The molecule has 8 heteroatoms. The molecule has 3 aromatic rings. The lowest BCUT2D eigenvalue weighted by Crippen LogP contribution is -2.05. The van der Waals surface area contributed by atoms with E-state index in [0.717, 1.165) is 11.1 Å². The van der Waals surface area contributed by atoms with Crippen molar-refractivity contribution in [2.24, 2.45) is 4.99 Å². The van der Waals surface area contributed by atoms with Crippen LogP contribution in [0.4, 0.5) is 0 Å². The van der Waals surface area contributed by atoms with Gasteiger partial charge in [-0.1, -0.05) is 30.3 Å². The number of carbonyl (C=O) groups is 1. The Balaban J connectivity index is 1.58. The number of aromatic hydroxyl groups is 1. The summed E-state index contributed by atoms with van der Waals surface area (Å²) < 4.78 is 17.9. The Morgan fingerprint density at radius 2 is 1.84 bits per heavy atom. The standard InChI is InChI=1S/C24H19Br2NO5/c1-30-22(29)11-14-9-18(25)23(19(26)10-14)32-16-7-8-21(28)17(12-16)24-27-20(13-31-24)15-5-3-2-4-6-15/h2-10,12,20,28H,11,13H2,1H3/t20-/m0/s1. The van der Waals surface area contributed by atoms with Gasteiger partial charge in [-0.2, -0.15) is 0 Å². The van der Waals surface area contributed by atoms with Crippen LogP contribution in [0.2, 0.25) is 0 Å². The van der Waals surface area contributed by atoms with E-state index in [1.54, 1.807) is 30.3 Å². The Kier molecular flexibility index (Phi) is 6.81. The zero-order chi connectivity index (χ0) is 22.7. The molecule has 32 heavy (non-hydrogen) atoms. The van der Waals surface area contributed by atoms with Gasteiger partial charge in [0.2, 0.25) is 5.90 Å². The smallest absolute Gasteiger partial charge is 0.309 e. The van der Waals surface area contributed by atoms with Crippen molar-refractivity contribution in [3.63, 3.8) is 0 Å². The van der Waals surface area contributed by atoms with Crippen molar-refractivity contribution in [1.82, 2.24) is 0 Å². The maximum atomic E-state index is 11.6. The summed E-state index contributed by atoms with van der Waals surface area (Å²) in [6.45, 7) is 0.405. The number of hydrogen-bond donors (Lipinski definition) is 1. The average molecular weight is 561 g/mol. The Bertz CT molecular complexity index is 1160. The van der Waals surface area contributed by atoms with E-state index >= 15 is 0 Å². The highest BCUT2D eigenvalue weighted by atomic mass is 79.9. The monoisotopic (exact) mass is 559 g/mol. The molecule has 0 aromatic heterocycles. The Morgan fingerprint density at radius 1 is 1.12 bits per heavy atom. The van der Waals surface area contributed by atoms with Gasteiger partial charge in [0.25, 0.3) is 0 Å². The molecule has 3 aromatic carbocycles. The van der Waals surface area contributed by atoms with Crippen molar-refractivity contribution in [1.29, 1.82) is 0 Å². The minimum Gasteiger partial charge on any atom is -0.507 e. The highest BCUT2D eigenvalue weighted by Crippen LogP contribution is 2.39. The van der Waals surface area contributed by atoms with E-state index in [1.165, 1.54) is 7.11 Å². The summed E-state index contributed by atoms with van der Waals surface area (Å²) >= 11 is 6.99.